The monoisotopic (exact) mass is 274 g/mol. The first-order chi connectivity index (χ1) is 6.29. The van der Waals surface area contributed by atoms with Gasteiger partial charge in [0.2, 0.25) is 5.78 Å². The Kier molecular flexibility index (Phi) is 2.52. The van der Waals surface area contributed by atoms with Gasteiger partial charge in [0.1, 0.15) is 4.88 Å². The Morgan fingerprint density at radius 2 is 2.31 bits per heavy atom. The molecule has 2 rings (SSSR count). The molecule has 0 aromatic carbocycles. The van der Waals surface area contributed by atoms with Gasteiger partial charge in [0.25, 0.3) is 0 Å². The lowest BCUT2D eigenvalue weighted by Crippen LogP contribution is -1.96. The molecule has 0 aliphatic rings. The second-order valence-electron chi connectivity index (χ2n) is 2.24. The minimum Gasteiger partial charge on any atom is -0.287 e. The minimum atomic E-state index is -0.0249. The van der Waals surface area contributed by atoms with Crippen LogP contribution in [0.1, 0.15) is 15.2 Å². The number of hydrogen-bond donors (Lipinski definition) is 0. The van der Waals surface area contributed by atoms with Crippen molar-refractivity contribution in [3.8, 4) is 0 Å². The van der Waals surface area contributed by atoms with Gasteiger partial charge in [-0.25, -0.2) is 0 Å². The molecule has 0 saturated carbocycles. The maximum absolute atomic E-state index is 11.7. The van der Waals surface area contributed by atoms with Crippen molar-refractivity contribution in [2.45, 2.75) is 0 Å². The number of carbonyl (C=O) groups is 1. The summed E-state index contributed by atoms with van der Waals surface area (Å²) in [5.41, 5.74) is 0.677. The van der Waals surface area contributed by atoms with Gasteiger partial charge in [-0.1, -0.05) is 4.49 Å². The summed E-state index contributed by atoms with van der Waals surface area (Å²) in [5, 5.41) is 7.31. The van der Waals surface area contributed by atoms with Crippen molar-refractivity contribution in [1.29, 1.82) is 0 Å². The molecular formula is C7H3BrN2OS2. The van der Waals surface area contributed by atoms with Crippen LogP contribution < -0.4 is 0 Å². The molecule has 2 aromatic rings. The zero-order valence-corrected chi connectivity index (χ0v) is 9.45. The quantitative estimate of drug-likeness (QED) is 0.791. The van der Waals surface area contributed by atoms with E-state index in [1.54, 1.807) is 0 Å². The Morgan fingerprint density at radius 3 is 2.85 bits per heavy atom. The molecule has 13 heavy (non-hydrogen) atoms. The summed E-state index contributed by atoms with van der Waals surface area (Å²) in [6.07, 6.45) is 1.48. The lowest BCUT2D eigenvalue weighted by Gasteiger charge is -1.91. The zero-order valence-electron chi connectivity index (χ0n) is 6.23. The minimum absolute atomic E-state index is 0.0249. The first kappa shape index (κ1) is 8.98. The lowest BCUT2D eigenvalue weighted by atomic mass is 10.2. The van der Waals surface area contributed by atoms with Crippen LogP contribution >= 0.6 is 38.8 Å². The molecule has 0 unspecified atom stereocenters. The smallest absolute Gasteiger partial charge is 0.208 e. The van der Waals surface area contributed by atoms with Crippen molar-refractivity contribution >= 4 is 44.6 Å². The van der Waals surface area contributed by atoms with Crippen molar-refractivity contribution in [3.05, 3.63) is 31.9 Å². The van der Waals surface area contributed by atoms with Crippen LogP contribution in [-0.4, -0.2) is 15.4 Å². The molecular weight excluding hydrogens is 272 g/mol. The van der Waals surface area contributed by atoms with E-state index in [1.807, 2.05) is 10.8 Å². The van der Waals surface area contributed by atoms with E-state index in [0.717, 1.165) is 16.0 Å². The molecule has 0 aliphatic heterocycles. The van der Waals surface area contributed by atoms with Crippen LogP contribution in [0, 0.1) is 0 Å². The van der Waals surface area contributed by atoms with Gasteiger partial charge in [-0.2, -0.15) is 11.3 Å². The Hall–Kier alpha value is -0.590. The van der Waals surface area contributed by atoms with Crippen LogP contribution in [0.2, 0.25) is 0 Å². The Balaban J connectivity index is 2.39. The highest BCUT2D eigenvalue weighted by molar-refractivity contribution is 9.10. The molecule has 3 nitrogen and oxygen atoms in total. The van der Waals surface area contributed by atoms with Crippen molar-refractivity contribution in [1.82, 2.24) is 9.59 Å². The van der Waals surface area contributed by atoms with E-state index in [2.05, 4.69) is 25.5 Å². The Labute approximate surface area is 90.7 Å². The fourth-order valence-electron chi connectivity index (χ4n) is 0.843. The molecule has 0 N–H and O–H groups in total. The van der Waals surface area contributed by atoms with Gasteiger partial charge in [-0.05, 0) is 27.5 Å². The molecule has 0 amide bonds. The molecule has 6 heteroatoms. The van der Waals surface area contributed by atoms with Crippen LogP contribution in [0.5, 0.6) is 0 Å². The first-order valence-corrected chi connectivity index (χ1v) is 5.83. The van der Waals surface area contributed by atoms with E-state index in [0.29, 0.717) is 10.4 Å². The molecule has 66 valence electrons. The largest absolute Gasteiger partial charge is 0.287 e. The molecule has 2 heterocycles. The molecule has 0 spiro atoms. The van der Waals surface area contributed by atoms with Gasteiger partial charge in [0.15, 0.2) is 0 Å². The molecule has 0 atom stereocenters. The Bertz CT molecular complexity index is 423. The molecule has 0 radical (unpaired) electrons. The predicted octanol–water partition coefficient (Wildman–Crippen LogP) is 2.59. The van der Waals surface area contributed by atoms with Gasteiger partial charge < -0.3 is 0 Å². The summed E-state index contributed by atoms with van der Waals surface area (Å²) in [6.45, 7) is 0. The topological polar surface area (TPSA) is 42.9 Å². The van der Waals surface area contributed by atoms with Crippen molar-refractivity contribution < 1.29 is 4.79 Å². The molecule has 0 aliphatic carbocycles. The van der Waals surface area contributed by atoms with Gasteiger partial charge in [-0.3, -0.25) is 4.79 Å². The molecule has 0 saturated heterocycles. The second kappa shape index (κ2) is 3.65. The third kappa shape index (κ3) is 1.70. The summed E-state index contributed by atoms with van der Waals surface area (Å²) in [6, 6.07) is 0. The SMILES string of the molecule is O=C(c1cnns1)c1cscc1Br. The van der Waals surface area contributed by atoms with E-state index in [4.69, 9.17) is 0 Å². The lowest BCUT2D eigenvalue weighted by molar-refractivity contribution is 0.104. The van der Waals surface area contributed by atoms with Crippen molar-refractivity contribution in [2.75, 3.05) is 0 Å². The fourth-order valence-corrected chi connectivity index (χ4v) is 2.77. The van der Waals surface area contributed by atoms with Gasteiger partial charge >= 0.3 is 0 Å². The summed E-state index contributed by atoms with van der Waals surface area (Å²) >= 11 is 5.90. The standard InChI is InChI=1S/C7H3BrN2OS2/c8-5-3-12-2-4(5)7(11)6-1-9-10-13-6/h1-3H. The average Bonchev–Trinajstić information content (AvgIpc) is 2.72. The number of aromatic nitrogens is 2. The molecule has 2 aromatic heterocycles. The average molecular weight is 275 g/mol. The highest BCUT2D eigenvalue weighted by Crippen LogP contribution is 2.24. The summed E-state index contributed by atoms with van der Waals surface area (Å²) in [4.78, 5) is 12.3. The number of nitrogens with zero attached hydrogens (tertiary/aromatic N) is 2. The highest BCUT2D eigenvalue weighted by Gasteiger charge is 2.14. The first-order valence-electron chi connectivity index (χ1n) is 3.33. The number of carbonyl (C=O) groups excluding carboxylic acids is 1. The third-order valence-electron chi connectivity index (χ3n) is 1.44. The maximum Gasteiger partial charge on any atom is 0.208 e. The van der Waals surface area contributed by atoms with E-state index in [9.17, 15) is 4.79 Å². The van der Waals surface area contributed by atoms with Gasteiger partial charge in [0.05, 0.1) is 6.20 Å². The second-order valence-corrected chi connectivity index (χ2v) is 4.63. The van der Waals surface area contributed by atoms with E-state index in [-0.39, 0.29) is 5.78 Å². The van der Waals surface area contributed by atoms with E-state index in [1.165, 1.54) is 17.5 Å². The number of hydrogen-bond acceptors (Lipinski definition) is 5. The summed E-state index contributed by atoms with van der Waals surface area (Å²) in [5.74, 6) is -0.0249. The Morgan fingerprint density at radius 1 is 1.46 bits per heavy atom. The van der Waals surface area contributed by atoms with Crippen LogP contribution in [0.25, 0.3) is 0 Å². The van der Waals surface area contributed by atoms with Gasteiger partial charge in [0, 0.05) is 20.8 Å². The maximum atomic E-state index is 11.7. The van der Waals surface area contributed by atoms with E-state index < -0.39 is 0 Å². The number of halogens is 1. The third-order valence-corrected chi connectivity index (χ3v) is 3.81. The zero-order chi connectivity index (χ0) is 9.26. The summed E-state index contributed by atoms with van der Waals surface area (Å²) in [7, 11) is 0. The predicted molar refractivity (Wildman–Crippen MR) is 55.4 cm³/mol. The number of ketones is 1. The summed E-state index contributed by atoms with van der Waals surface area (Å²) < 4.78 is 4.47. The number of thiophene rings is 1. The fraction of sp³-hybridized carbons (Fsp3) is 0. The normalized spacial score (nSPS) is 10.2. The highest BCUT2D eigenvalue weighted by atomic mass is 79.9. The van der Waals surface area contributed by atoms with Crippen molar-refractivity contribution in [2.24, 2.45) is 0 Å². The van der Waals surface area contributed by atoms with E-state index >= 15 is 0 Å². The van der Waals surface area contributed by atoms with Crippen LogP contribution in [0.15, 0.2) is 21.4 Å². The molecule has 0 fully saturated rings. The van der Waals surface area contributed by atoms with Crippen LogP contribution in [-0.2, 0) is 0 Å². The number of rotatable bonds is 2. The van der Waals surface area contributed by atoms with Crippen LogP contribution in [0.3, 0.4) is 0 Å². The van der Waals surface area contributed by atoms with Crippen LogP contribution in [0.4, 0.5) is 0 Å². The molecule has 0 bridgehead atoms. The van der Waals surface area contributed by atoms with Gasteiger partial charge in [-0.15, -0.1) is 5.10 Å². The van der Waals surface area contributed by atoms with Crippen molar-refractivity contribution in [3.63, 3.8) is 0 Å².